The molecule has 0 unspecified atom stereocenters. The van der Waals surface area contributed by atoms with E-state index in [1.807, 2.05) is 4.57 Å². The molecule has 1 saturated carbocycles. The van der Waals surface area contributed by atoms with E-state index in [0.717, 1.165) is 19.3 Å². The van der Waals surface area contributed by atoms with Gasteiger partial charge in [0.25, 0.3) is 0 Å². The summed E-state index contributed by atoms with van der Waals surface area (Å²) in [4.78, 5) is 23.3. The number of fused-ring (bicyclic) bond motifs is 1. The monoisotopic (exact) mass is 328 g/mol. The molecule has 2 atom stereocenters. The van der Waals surface area contributed by atoms with Crippen molar-refractivity contribution in [2.75, 3.05) is 6.61 Å². The molecule has 0 spiro atoms. The third-order valence-electron chi connectivity index (χ3n) is 3.78. The average molecular weight is 329 g/mol. The first-order chi connectivity index (χ1) is 10.0. The number of halogens is 2. The van der Waals surface area contributed by atoms with Crippen LogP contribution in [0.4, 0.5) is 0 Å². The first kappa shape index (κ1) is 14.5. The van der Waals surface area contributed by atoms with E-state index in [9.17, 15) is 4.79 Å². The fraction of sp³-hybridized carbons (Fsp3) is 0.538. The van der Waals surface area contributed by atoms with E-state index in [-0.39, 0.29) is 22.4 Å². The largest absolute Gasteiger partial charge is 0.466 e. The second kappa shape index (κ2) is 5.77. The summed E-state index contributed by atoms with van der Waals surface area (Å²) in [6.45, 7) is 1.89. The normalized spacial score (nSPS) is 21.9. The number of hydrogen-bond acceptors (Lipinski definition) is 5. The fourth-order valence-corrected chi connectivity index (χ4v) is 3.23. The minimum atomic E-state index is -0.238. The molecule has 1 aliphatic carbocycles. The molecular formula is C13H14Cl2N4O2. The highest BCUT2D eigenvalue weighted by Gasteiger charge is 2.28. The van der Waals surface area contributed by atoms with Crippen LogP contribution in [0.2, 0.25) is 10.4 Å². The number of nitrogens with zero attached hydrogens (tertiary/aromatic N) is 4. The number of esters is 1. The SMILES string of the molecule is CC(=O)OC[C@@H]1CC[C@H](n2cnc3c(Cl)nc(Cl)nc32)C1. The van der Waals surface area contributed by atoms with Crippen molar-refractivity contribution in [1.29, 1.82) is 0 Å². The number of hydrogen-bond donors (Lipinski definition) is 0. The lowest BCUT2D eigenvalue weighted by atomic mass is 10.1. The smallest absolute Gasteiger partial charge is 0.302 e. The lowest BCUT2D eigenvalue weighted by Gasteiger charge is -2.13. The highest BCUT2D eigenvalue weighted by atomic mass is 35.5. The quantitative estimate of drug-likeness (QED) is 0.492. The number of imidazole rings is 1. The highest BCUT2D eigenvalue weighted by Crippen LogP contribution is 2.36. The summed E-state index contributed by atoms with van der Waals surface area (Å²) >= 11 is 11.9. The Labute approximate surface area is 131 Å². The molecule has 0 bridgehead atoms. The van der Waals surface area contributed by atoms with Gasteiger partial charge in [0.2, 0.25) is 5.28 Å². The molecule has 112 valence electrons. The van der Waals surface area contributed by atoms with Gasteiger partial charge in [-0.1, -0.05) is 11.6 Å². The zero-order valence-electron chi connectivity index (χ0n) is 11.4. The van der Waals surface area contributed by atoms with Crippen LogP contribution in [0.1, 0.15) is 32.2 Å². The van der Waals surface area contributed by atoms with Gasteiger partial charge >= 0.3 is 5.97 Å². The van der Waals surface area contributed by atoms with Crippen molar-refractivity contribution in [2.45, 2.75) is 32.2 Å². The Morgan fingerprint density at radius 3 is 3.00 bits per heavy atom. The topological polar surface area (TPSA) is 69.9 Å². The van der Waals surface area contributed by atoms with E-state index < -0.39 is 0 Å². The predicted octanol–water partition coefficient (Wildman–Crippen LogP) is 3.04. The average Bonchev–Trinajstić information content (AvgIpc) is 3.02. The van der Waals surface area contributed by atoms with Gasteiger partial charge in [-0.05, 0) is 36.8 Å². The number of rotatable bonds is 3. The van der Waals surface area contributed by atoms with Gasteiger partial charge in [-0.2, -0.15) is 4.98 Å². The second-order valence-electron chi connectivity index (χ2n) is 5.24. The maximum atomic E-state index is 10.9. The van der Waals surface area contributed by atoms with Crippen molar-refractivity contribution in [3.63, 3.8) is 0 Å². The van der Waals surface area contributed by atoms with Crippen LogP contribution >= 0.6 is 23.2 Å². The molecule has 2 aromatic rings. The van der Waals surface area contributed by atoms with E-state index in [1.165, 1.54) is 6.92 Å². The fourth-order valence-electron chi connectivity index (χ4n) is 2.81. The third kappa shape index (κ3) is 2.96. The lowest BCUT2D eigenvalue weighted by Crippen LogP contribution is -2.11. The summed E-state index contributed by atoms with van der Waals surface area (Å²) in [5.41, 5.74) is 1.21. The van der Waals surface area contributed by atoms with Crippen LogP contribution in [0.3, 0.4) is 0 Å². The van der Waals surface area contributed by atoms with Gasteiger partial charge in [0, 0.05) is 13.0 Å². The third-order valence-corrected chi connectivity index (χ3v) is 4.21. The molecule has 8 heteroatoms. The Morgan fingerprint density at radius 1 is 1.43 bits per heavy atom. The maximum absolute atomic E-state index is 10.9. The molecule has 2 heterocycles. The zero-order valence-corrected chi connectivity index (χ0v) is 12.9. The van der Waals surface area contributed by atoms with Crippen LogP contribution in [0, 0.1) is 5.92 Å². The molecule has 21 heavy (non-hydrogen) atoms. The van der Waals surface area contributed by atoms with Crippen molar-refractivity contribution in [3.05, 3.63) is 16.8 Å². The van der Waals surface area contributed by atoms with Gasteiger partial charge in [0.15, 0.2) is 10.8 Å². The van der Waals surface area contributed by atoms with Gasteiger partial charge in [-0.3, -0.25) is 4.79 Å². The van der Waals surface area contributed by atoms with E-state index in [2.05, 4.69) is 15.0 Å². The summed E-state index contributed by atoms with van der Waals surface area (Å²) in [6.07, 6.45) is 4.62. The van der Waals surface area contributed by atoms with E-state index in [4.69, 9.17) is 27.9 Å². The van der Waals surface area contributed by atoms with Crippen LogP contribution in [0.25, 0.3) is 11.2 Å². The van der Waals surface area contributed by atoms with Gasteiger partial charge < -0.3 is 9.30 Å². The zero-order chi connectivity index (χ0) is 15.0. The standard InChI is InChI=1S/C13H14Cl2N4O2/c1-7(20)21-5-8-2-3-9(4-8)19-6-16-10-11(14)17-13(15)18-12(10)19/h6,8-9H,2-5H2,1H3/t8-,9+/m1/s1. The number of aromatic nitrogens is 4. The molecular weight excluding hydrogens is 315 g/mol. The summed E-state index contributed by atoms with van der Waals surface area (Å²) in [5.74, 6) is 0.127. The van der Waals surface area contributed by atoms with Gasteiger partial charge in [-0.15, -0.1) is 0 Å². The Hall–Kier alpha value is -1.40. The Bertz CT molecular complexity index is 688. The van der Waals surface area contributed by atoms with Crippen molar-refractivity contribution in [3.8, 4) is 0 Å². The van der Waals surface area contributed by atoms with Crippen molar-refractivity contribution in [1.82, 2.24) is 19.5 Å². The van der Waals surface area contributed by atoms with E-state index in [0.29, 0.717) is 23.7 Å². The van der Waals surface area contributed by atoms with Crippen LogP contribution in [-0.2, 0) is 9.53 Å². The first-order valence-electron chi connectivity index (χ1n) is 6.73. The Kier molecular flexibility index (Phi) is 3.99. The summed E-state index contributed by atoms with van der Waals surface area (Å²) in [7, 11) is 0. The van der Waals surface area contributed by atoms with Crippen molar-refractivity contribution in [2.24, 2.45) is 5.92 Å². The second-order valence-corrected chi connectivity index (χ2v) is 5.94. The van der Waals surface area contributed by atoms with Crippen LogP contribution < -0.4 is 0 Å². The van der Waals surface area contributed by atoms with E-state index >= 15 is 0 Å². The van der Waals surface area contributed by atoms with Crippen molar-refractivity contribution >= 4 is 40.3 Å². The Balaban J connectivity index is 1.81. The molecule has 2 aromatic heterocycles. The minimum Gasteiger partial charge on any atom is -0.466 e. The Morgan fingerprint density at radius 2 is 2.24 bits per heavy atom. The minimum absolute atomic E-state index is 0.115. The van der Waals surface area contributed by atoms with Crippen LogP contribution in [0.15, 0.2) is 6.33 Å². The molecule has 1 fully saturated rings. The molecule has 3 rings (SSSR count). The summed E-state index contributed by atoms with van der Waals surface area (Å²) in [5, 5.41) is 0.377. The van der Waals surface area contributed by atoms with Gasteiger partial charge in [0.05, 0.1) is 12.9 Å². The van der Waals surface area contributed by atoms with Crippen LogP contribution in [-0.4, -0.2) is 32.1 Å². The molecule has 0 amide bonds. The predicted molar refractivity (Wildman–Crippen MR) is 78.4 cm³/mol. The number of ether oxygens (including phenoxy) is 1. The highest BCUT2D eigenvalue weighted by molar-refractivity contribution is 6.35. The number of carbonyl (C=O) groups is 1. The van der Waals surface area contributed by atoms with Crippen molar-refractivity contribution < 1.29 is 9.53 Å². The summed E-state index contributed by atoms with van der Waals surface area (Å²) < 4.78 is 7.07. The molecule has 0 saturated heterocycles. The first-order valence-corrected chi connectivity index (χ1v) is 7.49. The van der Waals surface area contributed by atoms with Gasteiger partial charge in [-0.25, -0.2) is 9.97 Å². The van der Waals surface area contributed by atoms with E-state index in [1.54, 1.807) is 6.33 Å². The van der Waals surface area contributed by atoms with Gasteiger partial charge in [0.1, 0.15) is 5.52 Å². The summed E-state index contributed by atoms with van der Waals surface area (Å²) in [6, 6.07) is 0.262. The molecule has 0 aromatic carbocycles. The number of carbonyl (C=O) groups excluding carboxylic acids is 1. The maximum Gasteiger partial charge on any atom is 0.302 e. The molecule has 0 aliphatic heterocycles. The molecule has 1 aliphatic rings. The lowest BCUT2D eigenvalue weighted by molar-refractivity contribution is -0.142. The molecule has 0 N–H and O–H groups in total. The van der Waals surface area contributed by atoms with Crippen LogP contribution in [0.5, 0.6) is 0 Å². The molecule has 6 nitrogen and oxygen atoms in total. The molecule has 0 radical (unpaired) electrons.